The molecule has 2 heterocycles. The molecule has 19 heavy (non-hydrogen) atoms. The van der Waals surface area contributed by atoms with Crippen molar-refractivity contribution in [2.24, 2.45) is 0 Å². The van der Waals surface area contributed by atoms with Crippen molar-refractivity contribution in [2.75, 3.05) is 5.75 Å². The molecule has 1 amide bonds. The molecule has 0 aliphatic rings. The Bertz CT molecular complexity index is 564. The van der Waals surface area contributed by atoms with Gasteiger partial charge in [-0.3, -0.25) is 9.20 Å². The SMILES string of the molecule is O=C(Cc1cn2ccsc2n1)NC(CCS)C(=O)O. The van der Waals surface area contributed by atoms with Gasteiger partial charge in [-0.15, -0.1) is 11.3 Å². The number of fused-ring (bicyclic) bond motifs is 1. The van der Waals surface area contributed by atoms with Crippen molar-refractivity contribution in [3.8, 4) is 0 Å². The fraction of sp³-hybridized carbons (Fsp3) is 0.364. The Morgan fingerprint density at radius 1 is 1.58 bits per heavy atom. The summed E-state index contributed by atoms with van der Waals surface area (Å²) in [5, 5.41) is 13.3. The van der Waals surface area contributed by atoms with Crippen LogP contribution in [0.1, 0.15) is 12.1 Å². The minimum absolute atomic E-state index is 0.0742. The molecule has 0 aliphatic heterocycles. The van der Waals surface area contributed by atoms with Crippen molar-refractivity contribution in [2.45, 2.75) is 18.9 Å². The zero-order valence-corrected chi connectivity index (χ0v) is 11.7. The quantitative estimate of drug-likeness (QED) is 0.690. The summed E-state index contributed by atoms with van der Waals surface area (Å²) in [6.07, 6.45) is 3.99. The summed E-state index contributed by atoms with van der Waals surface area (Å²) in [6.45, 7) is 0. The standard InChI is InChI=1S/C11H13N3O3S2/c15-9(13-8(1-3-18)10(16)17)5-7-6-14-2-4-19-11(14)12-7/h2,4,6,8,18H,1,3,5H2,(H,13,15)(H,16,17). The number of imidazole rings is 1. The number of nitrogens with one attached hydrogen (secondary N) is 1. The average molecular weight is 299 g/mol. The van der Waals surface area contributed by atoms with Crippen LogP contribution < -0.4 is 5.32 Å². The molecule has 0 aliphatic carbocycles. The predicted molar refractivity (Wildman–Crippen MR) is 74.8 cm³/mol. The van der Waals surface area contributed by atoms with Gasteiger partial charge in [0.25, 0.3) is 0 Å². The first-order valence-electron chi connectivity index (χ1n) is 5.64. The van der Waals surface area contributed by atoms with Crippen LogP contribution in [-0.4, -0.2) is 38.2 Å². The van der Waals surface area contributed by atoms with Crippen LogP contribution in [0.25, 0.3) is 4.96 Å². The number of thiol groups is 1. The molecular formula is C11H13N3O3S2. The highest BCUT2D eigenvalue weighted by Crippen LogP contribution is 2.11. The highest BCUT2D eigenvalue weighted by molar-refractivity contribution is 7.80. The van der Waals surface area contributed by atoms with Crippen molar-refractivity contribution in [3.63, 3.8) is 0 Å². The lowest BCUT2D eigenvalue weighted by Gasteiger charge is -2.12. The first-order valence-corrected chi connectivity index (χ1v) is 7.15. The summed E-state index contributed by atoms with van der Waals surface area (Å²) in [5.74, 6) is -0.995. The molecule has 0 bridgehead atoms. The molecule has 0 spiro atoms. The zero-order valence-electron chi connectivity index (χ0n) is 9.94. The minimum Gasteiger partial charge on any atom is -0.480 e. The number of carboxylic acids is 1. The highest BCUT2D eigenvalue weighted by Gasteiger charge is 2.19. The van der Waals surface area contributed by atoms with E-state index in [1.807, 2.05) is 16.0 Å². The van der Waals surface area contributed by atoms with Gasteiger partial charge in [0.05, 0.1) is 12.1 Å². The number of hydrogen-bond donors (Lipinski definition) is 3. The second kappa shape index (κ2) is 6.07. The Labute approximate surface area is 118 Å². The van der Waals surface area contributed by atoms with E-state index >= 15 is 0 Å². The van der Waals surface area contributed by atoms with Crippen LogP contribution in [0.4, 0.5) is 0 Å². The van der Waals surface area contributed by atoms with Crippen LogP contribution in [0.5, 0.6) is 0 Å². The molecule has 2 rings (SSSR count). The van der Waals surface area contributed by atoms with E-state index in [2.05, 4.69) is 22.9 Å². The molecule has 2 aromatic heterocycles. The molecular weight excluding hydrogens is 286 g/mol. The van der Waals surface area contributed by atoms with E-state index in [0.29, 0.717) is 17.9 Å². The largest absolute Gasteiger partial charge is 0.480 e. The molecule has 8 heteroatoms. The molecule has 2 aromatic rings. The molecule has 0 radical (unpaired) electrons. The number of aliphatic carboxylic acids is 1. The molecule has 0 fully saturated rings. The molecule has 1 atom stereocenters. The van der Waals surface area contributed by atoms with Crippen LogP contribution in [0.15, 0.2) is 17.8 Å². The predicted octanol–water partition coefficient (Wildman–Crippen LogP) is 0.828. The van der Waals surface area contributed by atoms with E-state index in [-0.39, 0.29) is 12.3 Å². The van der Waals surface area contributed by atoms with E-state index in [0.717, 1.165) is 4.96 Å². The summed E-state index contributed by atoms with van der Waals surface area (Å²) in [5.41, 5.74) is 0.624. The van der Waals surface area contributed by atoms with Crippen molar-refractivity contribution in [3.05, 3.63) is 23.5 Å². The van der Waals surface area contributed by atoms with Gasteiger partial charge in [0, 0.05) is 17.8 Å². The number of rotatable bonds is 6. The molecule has 1 unspecified atom stereocenters. The number of thiazole rings is 1. The monoisotopic (exact) mass is 299 g/mol. The minimum atomic E-state index is -1.05. The normalized spacial score (nSPS) is 12.5. The molecule has 102 valence electrons. The van der Waals surface area contributed by atoms with Crippen LogP contribution in [0, 0.1) is 0 Å². The fourth-order valence-electron chi connectivity index (χ4n) is 1.66. The van der Waals surface area contributed by atoms with Gasteiger partial charge in [-0.2, -0.15) is 12.6 Å². The fourth-order valence-corrected chi connectivity index (χ4v) is 2.63. The molecule has 0 saturated heterocycles. The van der Waals surface area contributed by atoms with E-state index in [9.17, 15) is 9.59 Å². The molecule has 0 aromatic carbocycles. The van der Waals surface area contributed by atoms with Gasteiger partial charge in [0.1, 0.15) is 6.04 Å². The van der Waals surface area contributed by atoms with E-state index in [1.165, 1.54) is 11.3 Å². The zero-order chi connectivity index (χ0) is 13.8. The van der Waals surface area contributed by atoms with Gasteiger partial charge >= 0.3 is 5.97 Å². The van der Waals surface area contributed by atoms with Crippen molar-refractivity contribution < 1.29 is 14.7 Å². The van der Waals surface area contributed by atoms with Gasteiger partial charge < -0.3 is 10.4 Å². The van der Waals surface area contributed by atoms with Crippen LogP contribution in [0.2, 0.25) is 0 Å². The Kier molecular flexibility index (Phi) is 4.43. The molecule has 0 saturated carbocycles. The summed E-state index contributed by atoms with van der Waals surface area (Å²) < 4.78 is 1.83. The average Bonchev–Trinajstić information content (AvgIpc) is 2.88. The molecule has 2 N–H and O–H groups in total. The van der Waals surface area contributed by atoms with E-state index < -0.39 is 12.0 Å². The van der Waals surface area contributed by atoms with Crippen LogP contribution in [0.3, 0.4) is 0 Å². The maximum atomic E-state index is 11.8. The first-order chi connectivity index (χ1) is 9.10. The van der Waals surface area contributed by atoms with Crippen molar-refractivity contribution in [1.29, 1.82) is 0 Å². The third kappa shape index (κ3) is 3.48. The maximum absolute atomic E-state index is 11.8. The summed E-state index contributed by atoms with van der Waals surface area (Å²) in [6, 6.07) is -0.895. The summed E-state index contributed by atoms with van der Waals surface area (Å²) in [7, 11) is 0. The first kappa shape index (κ1) is 13.9. The Hall–Kier alpha value is -1.54. The van der Waals surface area contributed by atoms with Crippen molar-refractivity contribution in [1.82, 2.24) is 14.7 Å². The van der Waals surface area contributed by atoms with Gasteiger partial charge in [-0.25, -0.2) is 9.78 Å². The lowest BCUT2D eigenvalue weighted by Crippen LogP contribution is -2.41. The summed E-state index contributed by atoms with van der Waals surface area (Å²) >= 11 is 5.45. The Morgan fingerprint density at radius 3 is 3.00 bits per heavy atom. The molecule has 6 nitrogen and oxygen atoms in total. The lowest BCUT2D eigenvalue weighted by molar-refractivity contribution is -0.141. The number of amides is 1. The topological polar surface area (TPSA) is 83.7 Å². The van der Waals surface area contributed by atoms with Crippen LogP contribution in [-0.2, 0) is 16.0 Å². The smallest absolute Gasteiger partial charge is 0.326 e. The second-order valence-electron chi connectivity index (χ2n) is 3.97. The Morgan fingerprint density at radius 2 is 2.37 bits per heavy atom. The van der Waals surface area contributed by atoms with Crippen LogP contribution >= 0.6 is 24.0 Å². The number of carbonyl (C=O) groups is 2. The number of nitrogens with zero attached hydrogens (tertiary/aromatic N) is 2. The second-order valence-corrected chi connectivity index (χ2v) is 5.29. The van der Waals surface area contributed by atoms with E-state index in [4.69, 9.17) is 5.11 Å². The van der Waals surface area contributed by atoms with Gasteiger partial charge in [0.15, 0.2) is 4.96 Å². The summed E-state index contributed by atoms with van der Waals surface area (Å²) in [4.78, 5) is 27.7. The Balaban J connectivity index is 1.96. The number of carbonyl (C=O) groups excluding carboxylic acids is 1. The van der Waals surface area contributed by atoms with Gasteiger partial charge in [-0.05, 0) is 12.2 Å². The van der Waals surface area contributed by atoms with Crippen molar-refractivity contribution >= 4 is 40.8 Å². The highest BCUT2D eigenvalue weighted by atomic mass is 32.1. The third-order valence-electron chi connectivity index (χ3n) is 2.54. The maximum Gasteiger partial charge on any atom is 0.326 e. The number of aromatic nitrogens is 2. The number of carboxylic acid groups (broad SMARTS) is 1. The van der Waals surface area contributed by atoms with Gasteiger partial charge in [0.2, 0.25) is 5.91 Å². The lowest BCUT2D eigenvalue weighted by atomic mass is 10.2. The number of hydrogen-bond acceptors (Lipinski definition) is 5. The van der Waals surface area contributed by atoms with Gasteiger partial charge in [-0.1, -0.05) is 0 Å². The third-order valence-corrected chi connectivity index (χ3v) is 3.56. The van der Waals surface area contributed by atoms with E-state index in [1.54, 1.807) is 6.20 Å².